The molecule has 4 rings (SSSR count). The topological polar surface area (TPSA) is 584 Å². The van der Waals surface area contributed by atoms with Gasteiger partial charge in [-0.3, -0.25) is 58.1 Å². The van der Waals surface area contributed by atoms with E-state index in [-0.39, 0.29) is 61.0 Å². The molecule has 34 nitrogen and oxygen atoms in total. The summed E-state index contributed by atoms with van der Waals surface area (Å²) in [7, 11) is 0. The number of nitrogens with one attached hydrogen (secondary N) is 12. The summed E-state index contributed by atoms with van der Waals surface area (Å²) < 4.78 is 0. The largest absolute Gasteiger partial charge is 0.508 e. The lowest BCUT2D eigenvalue weighted by molar-refractivity contribution is -0.145. The van der Waals surface area contributed by atoms with Gasteiger partial charge in [0.1, 0.15) is 59.8 Å². The average molecular weight is 1320 g/mol. The summed E-state index contributed by atoms with van der Waals surface area (Å²) in [6.45, 7) is -1.01. The van der Waals surface area contributed by atoms with Crippen molar-refractivity contribution in [2.75, 3.05) is 31.8 Å². The van der Waals surface area contributed by atoms with E-state index in [0.29, 0.717) is 22.0 Å². The molecular weight excluding hydrogens is 1240 g/mol. The van der Waals surface area contributed by atoms with Gasteiger partial charge in [-0.1, -0.05) is 42.5 Å². The van der Waals surface area contributed by atoms with Gasteiger partial charge in [0.2, 0.25) is 59.1 Å². The number of aromatic nitrogens is 1. The number of aliphatic carboxylic acids is 2. The monoisotopic (exact) mass is 1320 g/mol. The molecule has 0 saturated carbocycles. The van der Waals surface area contributed by atoms with Gasteiger partial charge >= 0.3 is 11.9 Å². The van der Waals surface area contributed by atoms with Gasteiger partial charge < -0.3 is 111 Å². The number of rotatable bonds is 39. The van der Waals surface area contributed by atoms with Crippen LogP contribution in [0.4, 0.5) is 0 Å². The number of carbonyl (C=O) groups is 12. The SMILES string of the molecule is CSCC[C@H](NC(=O)[C@H](Cc1c[nH]c2ccccc12)NC(=O)[C@H](Cc1ccc(O)cc1)NC(=O)[C@H](CO)NC(=O)[C@H](Cc1ccc(O)cc1)NC(=O)[C@H](CC(=O)O)NC(=O)[C@@H](CC(N)=O)NC(=O)[C@@H](N)CCCNC(=N)N)C(=O)N[C@@H](CO)C(=O)N[C@H](C(=O)O)[C@@H](C)O. The van der Waals surface area contributed by atoms with Crippen LogP contribution in [0.25, 0.3) is 10.9 Å². The molecule has 0 saturated heterocycles. The van der Waals surface area contributed by atoms with E-state index in [9.17, 15) is 93.3 Å². The molecule has 0 bridgehead atoms. The van der Waals surface area contributed by atoms with E-state index in [4.69, 9.17) is 22.6 Å². The molecule has 1 aromatic heterocycles. The minimum absolute atomic E-state index is 0.00558. The Bertz CT molecular complexity index is 3280. The number of benzene rings is 3. The molecular formula is C58H79N15O19S. The summed E-state index contributed by atoms with van der Waals surface area (Å²) in [5.41, 5.74) is 18.2. The van der Waals surface area contributed by atoms with Gasteiger partial charge in [0.15, 0.2) is 12.0 Å². The fraction of sp³-hybridized carbons (Fsp3) is 0.431. The van der Waals surface area contributed by atoms with Crippen molar-refractivity contribution in [3.63, 3.8) is 0 Å². The number of nitrogens with two attached hydrogens (primary N) is 3. The van der Waals surface area contributed by atoms with Crippen LogP contribution in [0.15, 0.2) is 79.0 Å². The number of aromatic hydroxyl groups is 2. The molecule has 1 heterocycles. The van der Waals surface area contributed by atoms with Crippen LogP contribution < -0.4 is 70.4 Å². The van der Waals surface area contributed by atoms with Crippen molar-refractivity contribution in [1.82, 2.24) is 58.2 Å². The number of fused-ring (bicyclic) bond motifs is 1. The van der Waals surface area contributed by atoms with E-state index in [1.807, 2.05) is 5.32 Å². The molecule has 93 heavy (non-hydrogen) atoms. The number of carbonyl (C=O) groups excluding carboxylic acids is 10. The Labute approximate surface area is 535 Å². The molecule has 3 aromatic carbocycles. The standard InChI is InChI=1S/C58H79N15O19S/c1-28(76)47(57(91)92)73-56(90)44(27-75)71-49(83)37(17-19-93-2)65-52(86)40(22-31-25-64-36-8-4-3-6-34(31)36)69-50(84)38(20-29-9-13-32(77)14-10-29)68-55(89)43(26-74)72-51(85)39(21-30-11-15-33(78)16-12-30)67-54(88)42(24-46(80)81)70-53(87)41(23-45(60)79)66-48(82)35(59)7-5-18-63-58(61)62/h3-4,6,8-16,25,28,35,37-44,47,64,74-78H,5,7,17-24,26-27,59H2,1-2H3,(H2,60,79)(H,65,86)(H,66,82)(H,67,88)(H,68,89)(H,69,84)(H,70,87)(H,71,83)(H,72,85)(H,73,90)(H,80,81)(H,91,92)(H4,61,62,63)/t28-,35+,37+,38+,39+,40+,41-,42+,43+,44+,47+/m1/s1. The maximum absolute atomic E-state index is 14.8. The lowest BCUT2D eigenvalue weighted by Crippen LogP contribution is -2.62. The number of carboxylic acids is 2. The highest BCUT2D eigenvalue weighted by molar-refractivity contribution is 7.98. The number of hydrogen-bond donors (Lipinski definition) is 22. The summed E-state index contributed by atoms with van der Waals surface area (Å²) in [6.07, 6.45) is -1.44. The minimum Gasteiger partial charge on any atom is -0.508 e. The van der Waals surface area contributed by atoms with E-state index in [0.717, 1.165) is 6.92 Å². The van der Waals surface area contributed by atoms with E-state index in [2.05, 4.69) is 52.8 Å². The zero-order chi connectivity index (χ0) is 69.1. The Hall–Kier alpha value is -10.1. The molecule has 25 N–H and O–H groups in total. The number of thioether (sulfide) groups is 1. The summed E-state index contributed by atoms with van der Waals surface area (Å²) in [5.74, 6) is -15.3. The van der Waals surface area contributed by atoms with Crippen molar-refractivity contribution in [3.8, 4) is 11.5 Å². The van der Waals surface area contributed by atoms with Gasteiger partial charge in [-0.05, 0) is 85.2 Å². The van der Waals surface area contributed by atoms with Crippen LogP contribution in [0.1, 0.15) is 55.7 Å². The molecule has 0 aliphatic heterocycles. The number of primary amides is 1. The summed E-state index contributed by atoms with van der Waals surface area (Å²) in [5, 5.41) is 102. The first-order valence-corrected chi connectivity index (χ1v) is 30.2. The second-order valence-electron chi connectivity index (χ2n) is 21.4. The zero-order valence-corrected chi connectivity index (χ0v) is 51.3. The van der Waals surface area contributed by atoms with Gasteiger partial charge in [-0.25, -0.2) is 4.79 Å². The Morgan fingerprint density at radius 3 is 1.43 bits per heavy atom. The van der Waals surface area contributed by atoms with Crippen molar-refractivity contribution >= 4 is 99.6 Å². The second-order valence-corrected chi connectivity index (χ2v) is 22.3. The van der Waals surface area contributed by atoms with Crippen molar-refractivity contribution in [2.24, 2.45) is 17.2 Å². The van der Waals surface area contributed by atoms with Crippen LogP contribution in [0.5, 0.6) is 11.5 Å². The molecule has 0 aliphatic rings. The third-order valence-corrected chi connectivity index (χ3v) is 14.7. The number of aliphatic hydroxyl groups excluding tert-OH is 3. The first kappa shape index (κ1) is 75.4. The predicted octanol–water partition coefficient (Wildman–Crippen LogP) is -5.89. The maximum Gasteiger partial charge on any atom is 0.328 e. The first-order valence-electron chi connectivity index (χ1n) is 28.8. The maximum atomic E-state index is 14.8. The number of guanidine groups is 1. The third-order valence-electron chi connectivity index (χ3n) is 14.1. The number of aliphatic hydroxyl groups is 3. The quantitative estimate of drug-likeness (QED) is 0.0112. The molecule has 506 valence electrons. The van der Waals surface area contributed by atoms with Crippen molar-refractivity contribution in [1.29, 1.82) is 5.41 Å². The van der Waals surface area contributed by atoms with Crippen LogP contribution in [0.3, 0.4) is 0 Å². The van der Waals surface area contributed by atoms with E-state index in [1.54, 1.807) is 36.7 Å². The number of phenols is 2. The number of para-hydroxylation sites is 1. The average Bonchev–Trinajstić information content (AvgIpc) is 1.83. The van der Waals surface area contributed by atoms with Crippen LogP contribution >= 0.6 is 11.8 Å². The number of aromatic amines is 1. The van der Waals surface area contributed by atoms with Gasteiger partial charge in [0.05, 0.1) is 38.2 Å². The minimum atomic E-state index is -2.06. The molecule has 0 fully saturated rings. The molecule has 4 aromatic rings. The van der Waals surface area contributed by atoms with Gasteiger partial charge in [-0.15, -0.1) is 0 Å². The smallest absolute Gasteiger partial charge is 0.328 e. The van der Waals surface area contributed by atoms with E-state index in [1.165, 1.54) is 60.3 Å². The van der Waals surface area contributed by atoms with E-state index < -0.39 is 176 Å². The highest BCUT2D eigenvalue weighted by Crippen LogP contribution is 2.21. The first-order chi connectivity index (χ1) is 44.0. The normalized spacial score (nSPS) is 14.6. The Balaban J connectivity index is 1.67. The lowest BCUT2D eigenvalue weighted by Gasteiger charge is -2.28. The number of amides is 10. The number of hydrogen-bond acceptors (Lipinski definition) is 20. The van der Waals surface area contributed by atoms with E-state index >= 15 is 0 Å². The number of H-pyrrole nitrogens is 1. The second kappa shape index (κ2) is 37.3. The summed E-state index contributed by atoms with van der Waals surface area (Å²) in [6, 6.07) is -0.0701. The molecule has 10 amide bonds. The van der Waals surface area contributed by atoms with Crippen LogP contribution in [-0.4, -0.2) is 216 Å². The molecule has 0 unspecified atom stereocenters. The Morgan fingerprint density at radius 2 is 0.968 bits per heavy atom. The molecule has 11 atom stereocenters. The van der Waals surface area contributed by atoms with Gasteiger partial charge in [0.25, 0.3) is 0 Å². The predicted molar refractivity (Wildman–Crippen MR) is 333 cm³/mol. The molecule has 0 radical (unpaired) electrons. The summed E-state index contributed by atoms with van der Waals surface area (Å²) in [4.78, 5) is 165. The highest BCUT2D eigenvalue weighted by atomic mass is 32.2. The third kappa shape index (κ3) is 24.9. The Morgan fingerprint density at radius 1 is 0.548 bits per heavy atom. The van der Waals surface area contributed by atoms with Crippen LogP contribution in [0.2, 0.25) is 0 Å². The van der Waals surface area contributed by atoms with Crippen molar-refractivity contribution in [3.05, 3.63) is 95.7 Å². The molecule has 0 spiro atoms. The summed E-state index contributed by atoms with van der Waals surface area (Å²) >= 11 is 1.26. The van der Waals surface area contributed by atoms with Crippen LogP contribution in [0, 0.1) is 5.41 Å². The van der Waals surface area contributed by atoms with Gasteiger partial charge in [-0.2, -0.15) is 11.8 Å². The lowest BCUT2D eigenvalue weighted by atomic mass is 10.0. The zero-order valence-electron chi connectivity index (χ0n) is 50.5. The molecule has 35 heteroatoms. The number of phenolic OH excluding ortho intramolecular Hbond substituents is 2. The highest BCUT2D eigenvalue weighted by Gasteiger charge is 2.37. The Kier molecular flexibility index (Phi) is 30.2. The van der Waals surface area contributed by atoms with Gasteiger partial charge in [0, 0.05) is 42.9 Å². The van der Waals surface area contributed by atoms with Crippen molar-refractivity contribution < 1.29 is 93.3 Å². The number of carboxylic acid groups (broad SMARTS) is 2. The fourth-order valence-electron chi connectivity index (χ4n) is 9.07. The van der Waals surface area contributed by atoms with Crippen molar-refractivity contribution in [2.45, 2.75) is 125 Å². The molecule has 0 aliphatic carbocycles. The fourth-order valence-corrected chi connectivity index (χ4v) is 9.55. The van der Waals surface area contributed by atoms with Crippen LogP contribution in [-0.2, 0) is 76.8 Å².